The topological polar surface area (TPSA) is 81.9 Å². The molecule has 2 fully saturated rings. The van der Waals surface area contributed by atoms with E-state index in [1.54, 1.807) is 0 Å². The lowest BCUT2D eigenvalue weighted by Crippen LogP contribution is -2.41. The van der Waals surface area contributed by atoms with Crippen LogP contribution in [0.3, 0.4) is 0 Å². The van der Waals surface area contributed by atoms with E-state index in [1.807, 2.05) is 4.68 Å². The molecule has 0 unspecified atom stereocenters. The lowest BCUT2D eigenvalue weighted by Gasteiger charge is -2.29. The van der Waals surface area contributed by atoms with Crippen molar-refractivity contribution in [3.05, 3.63) is 0 Å². The fourth-order valence-corrected chi connectivity index (χ4v) is 4.10. The van der Waals surface area contributed by atoms with Gasteiger partial charge in [-0.05, 0) is 42.0 Å². The molecule has 0 bridgehead atoms. The molecule has 1 aliphatic heterocycles. The van der Waals surface area contributed by atoms with Crippen molar-refractivity contribution in [2.45, 2.75) is 62.7 Å². The monoisotopic (exact) mass is 339 g/mol. The molecule has 23 heavy (non-hydrogen) atoms. The molecule has 1 aromatic heterocycles. The first-order chi connectivity index (χ1) is 11.2. The summed E-state index contributed by atoms with van der Waals surface area (Å²) in [7, 11) is 0. The molecule has 2 atom stereocenters. The van der Waals surface area contributed by atoms with Crippen molar-refractivity contribution in [1.82, 2.24) is 25.5 Å². The van der Waals surface area contributed by atoms with Crippen molar-refractivity contribution in [2.75, 3.05) is 19.0 Å². The normalized spacial score (nSPS) is 26.1. The maximum absolute atomic E-state index is 12.2. The van der Waals surface area contributed by atoms with E-state index < -0.39 is 0 Å². The van der Waals surface area contributed by atoms with E-state index in [1.165, 1.54) is 31.0 Å². The van der Waals surface area contributed by atoms with Crippen LogP contribution in [0.4, 0.5) is 0 Å². The van der Waals surface area contributed by atoms with E-state index in [9.17, 15) is 4.79 Å². The fraction of sp³-hybridized carbons (Fsp3) is 0.867. The SMILES string of the molecule is C[C@@H]1CCCC[C@@H]1NC(=O)CSc1nnnn1C1CCOCC1. The van der Waals surface area contributed by atoms with Crippen LogP contribution >= 0.6 is 11.8 Å². The number of rotatable bonds is 5. The fourth-order valence-electron chi connectivity index (χ4n) is 3.35. The predicted octanol–water partition coefficient (Wildman–Crippen LogP) is 1.81. The van der Waals surface area contributed by atoms with Gasteiger partial charge in [-0.25, -0.2) is 4.68 Å². The van der Waals surface area contributed by atoms with Crippen LogP contribution in [0, 0.1) is 5.92 Å². The average molecular weight is 339 g/mol. The molecule has 0 spiro atoms. The van der Waals surface area contributed by atoms with Crippen molar-refractivity contribution in [2.24, 2.45) is 5.92 Å². The standard InChI is InChI=1S/C15H25N5O2S/c1-11-4-2-3-5-13(11)16-14(21)10-23-15-17-18-19-20(15)12-6-8-22-9-7-12/h11-13H,2-10H2,1H3,(H,16,21)/t11-,13+/m1/s1. The predicted molar refractivity (Wildman–Crippen MR) is 87.2 cm³/mol. The third-order valence-electron chi connectivity index (χ3n) is 4.79. The molecule has 1 aromatic rings. The van der Waals surface area contributed by atoms with Gasteiger partial charge in [0.1, 0.15) is 0 Å². The smallest absolute Gasteiger partial charge is 0.230 e. The van der Waals surface area contributed by atoms with E-state index in [0.29, 0.717) is 17.7 Å². The Balaban J connectivity index is 1.50. The number of hydrogen-bond acceptors (Lipinski definition) is 6. The summed E-state index contributed by atoms with van der Waals surface area (Å²) in [5, 5.41) is 15.8. The second-order valence-electron chi connectivity index (χ2n) is 6.47. The summed E-state index contributed by atoms with van der Waals surface area (Å²) in [6, 6.07) is 0.603. The highest BCUT2D eigenvalue weighted by Gasteiger charge is 2.24. The molecule has 8 heteroatoms. The van der Waals surface area contributed by atoms with Crippen LogP contribution in [-0.4, -0.2) is 51.1 Å². The minimum absolute atomic E-state index is 0.0790. The molecule has 0 aromatic carbocycles. The first-order valence-electron chi connectivity index (χ1n) is 8.52. The molecule has 1 saturated carbocycles. The number of tetrazole rings is 1. The van der Waals surface area contributed by atoms with Gasteiger partial charge >= 0.3 is 0 Å². The number of ether oxygens (including phenoxy) is 1. The Bertz CT molecular complexity index is 518. The number of nitrogens with one attached hydrogen (secondary N) is 1. The van der Waals surface area contributed by atoms with Gasteiger partial charge in [-0.1, -0.05) is 31.5 Å². The Morgan fingerprint density at radius 2 is 2.09 bits per heavy atom. The van der Waals surface area contributed by atoms with Crippen LogP contribution in [0.2, 0.25) is 0 Å². The van der Waals surface area contributed by atoms with E-state index in [4.69, 9.17) is 4.74 Å². The number of carbonyl (C=O) groups excluding carboxylic acids is 1. The highest BCUT2D eigenvalue weighted by Crippen LogP contribution is 2.26. The summed E-state index contributed by atoms with van der Waals surface area (Å²) in [6.45, 7) is 3.71. The van der Waals surface area contributed by atoms with Crippen LogP contribution in [0.25, 0.3) is 0 Å². The van der Waals surface area contributed by atoms with Crippen LogP contribution in [0.15, 0.2) is 5.16 Å². The first-order valence-corrected chi connectivity index (χ1v) is 9.50. The van der Waals surface area contributed by atoms with Crippen molar-refractivity contribution in [1.29, 1.82) is 0 Å². The maximum atomic E-state index is 12.2. The van der Waals surface area contributed by atoms with Crippen molar-refractivity contribution in [3.8, 4) is 0 Å². The zero-order valence-corrected chi connectivity index (χ0v) is 14.4. The summed E-state index contributed by atoms with van der Waals surface area (Å²) >= 11 is 1.42. The molecule has 128 valence electrons. The molecule has 1 aliphatic carbocycles. The Hall–Kier alpha value is -1.15. The van der Waals surface area contributed by atoms with Crippen LogP contribution in [0.5, 0.6) is 0 Å². The summed E-state index contributed by atoms with van der Waals surface area (Å²) in [5.41, 5.74) is 0. The lowest BCUT2D eigenvalue weighted by molar-refractivity contribution is -0.119. The highest BCUT2D eigenvalue weighted by atomic mass is 32.2. The molecular weight excluding hydrogens is 314 g/mol. The Morgan fingerprint density at radius 3 is 2.87 bits per heavy atom. The van der Waals surface area contributed by atoms with Gasteiger partial charge in [0.05, 0.1) is 11.8 Å². The summed E-state index contributed by atoms with van der Waals surface area (Å²) in [6.07, 6.45) is 6.64. The quantitative estimate of drug-likeness (QED) is 0.824. The zero-order chi connectivity index (χ0) is 16.1. The Morgan fingerprint density at radius 1 is 1.30 bits per heavy atom. The van der Waals surface area contributed by atoms with Crippen molar-refractivity contribution < 1.29 is 9.53 Å². The Kier molecular flexibility index (Phi) is 5.88. The summed E-state index contributed by atoms with van der Waals surface area (Å²) in [5.74, 6) is 1.02. The van der Waals surface area contributed by atoms with E-state index in [0.717, 1.165) is 37.6 Å². The van der Waals surface area contributed by atoms with Gasteiger partial charge in [0.2, 0.25) is 11.1 Å². The summed E-state index contributed by atoms with van der Waals surface area (Å²) < 4.78 is 7.23. The maximum Gasteiger partial charge on any atom is 0.230 e. The molecule has 2 aliphatic rings. The molecule has 2 heterocycles. The van der Waals surface area contributed by atoms with Crippen LogP contribution in [-0.2, 0) is 9.53 Å². The van der Waals surface area contributed by atoms with E-state index in [-0.39, 0.29) is 11.9 Å². The minimum Gasteiger partial charge on any atom is -0.381 e. The number of amides is 1. The van der Waals surface area contributed by atoms with Gasteiger partial charge in [-0.3, -0.25) is 4.79 Å². The van der Waals surface area contributed by atoms with Crippen molar-refractivity contribution >= 4 is 17.7 Å². The van der Waals surface area contributed by atoms with Crippen LogP contribution in [0.1, 0.15) is 51.5 Å². The van der Waals surface area contributed by atoms with E-state index in [2.05, 4.69) is 27.8 Å². The molecule has 1 saturated heterocycles. The third kappa shape index (κ3) is 4.44. The lowest BCUT2D eigenvalue weighted by atomic mass is 9.86. The molecule has 0 radical (unpaired) electrons. The summed E-state index contributed by atoms with van der Waals surface area (Å²) in [4.78, 5) is 12.2. The van der Waals surface area contributed by atoms with Gasteiger partial charge in [0, 0.05) is 19.3 Å². The van der Waals surface area contributed by atoms with Gasteiger partial charge in [-0.15, -0.1) is 5.10 Å². The van der Waals surface area contributed by atoms with Gasteiger partial charge in [-0.2, -0.15) is 0 Å². The second kappa shape index (κ2) is 8.10. The zero-order valence-electron chi connectivity index (χ0n) is 13.6. The molecule has 3 rings (SSSR count). The first kappa shape index (κ1) is 16.7. The van der Waals surface area contributed by atoms with Gasteiger partial charge in [0.15, 0.2) is 0 Å². The van der Waals surface area contributed by atoms with Gasteiger partial charge < -0.3 is 10.1 Å². The molecular formula is C15H25N5O2S. The number of thioether (sulfide) groups is 1. The highest BCUT2D eigenvalue weighted by molar-refractivity contribution is 7.99. The number of hydrogen-bond donors (Lipinski definition) is 1. The largest absolute Gasteiger partial charge is 0.381 e. The Labute approximate surface area is 140 Å². The molecule has 7 nitrogen and oxygen atoms in total. The van der Waals surface area contributed by atoms with Crippen molar-refractivity contribution in [3.63, 3.8) is 0 Å². The van der Waals surface area contributed by atoms with Gasteiger partial charge in [0.25, 0.3) is 0 Å². The molecule has 1 N–H and O–H groups in total. The third-order valence-corrected chi connectivity index (χ3v) is 5.72. The number of aromatic nitrogens is 4. The number of carbonyl (C=O) groups is 1. The van der Waals surface area contributed by atoms with E-state index >= 15 is 0 Å². The number of nitrogens with zero attached hydrogens (tertiary/aromatic N) is 4. The average Bonchev–Trinajstić information content (AvgIpc) is 3.04. The van der Waals surface area contributed by atoms with Crippen LogP contribution < -0.4 is 5.32 Å². The minimum atomic E-state index is 0.0790. The second-order valence-corrected chi connectivity index (χ2v) is 7.42. The molecule has 1 amide bonds.